The molecular formula is C19H32IN3OS2. The molecule has 1 saturated carbocycles. The van der Waals surface area contributed by atoms with Crippen molar-refractivity contribution in [2.75, 3.05) is 25.1 Å². The van der Waals surface area contributed by atoms with Gasteiger partial charge in [0.1, 0.15) is 0 Å². The fraction of sp³-hybridized carbons (Fsp3) is 0.632. The van der Waals surface area contributed by atoms with Crippen molar-refractivity contribution < 1.29 is 4.21 Å². The van der Waals surface area contributed by atoms with E-state index in [0.717, 1.165) is 16.8 Å². The predicted molar refractivity (Wildman–Crippen MR) is 127 cm³/mol. The Morgan fingerprint density at radius 3 is 2.77 bits per heavy atom. The minimum absolute atomic E-state index is 0. The first-order valence-electron chi connectivity index (χ1n) is 9.19. The molecule has 0 heterocycles. The molecule has 4 nitrogen and oxygen atoms in total. The Balaban J connectivity index is 0.00000338. The molecule has 148 valence electrons. The summed E-state index contributed by atoms with van der Waals surface area (Å²) >= 11 is 2.07. The molecule has 0 aromatic heterocycles. The lowest BCUT2D eigenvalue weighted by Gasteiger charge is -2.30. The fourth-order valence-electron chi connectivity index (χ4n) is 3.17. The Labute approximate surface area is 182 Å². The monoisotopic (exact) mass is 509 g/mol. The highest BCUT2D eigenvalue weighted by molar-refractivity contribution is 14.0. The maximum atomic E-state index is 12.2. The molecule has 3 atom stereocenters. The van der Waals surface area contributed by atoms with Crippen LogP contribution in [0.2, 0.25) is 0 Å². The summed E-state index contributed by atoms with van der Waals surface area (Å²) in [6, 6.07) is 10.5. The molecule has 1 aromatic rings. The van der Waals surface area contributed by atoms with Crippen molar-refractivity contribution in [1.29, 1.82) is 0 Å². The lowest BCUT2D eigenvalue weighted by molar-refractivity contribution is 0.419. The van der Waals surface area contributed by atoms with Crippen molar-refractivity contribution in [3.05, 3.63) is 35.9 Å². The second-order valence-electron chi connectivity index (χ2n) is 6.36. The molecule has 3 unspecified atom stereocenters. The molecule has 7 heteroatoms. The molecule has 0 saturated heterocycles. The summed E-state index contributed by atoms with van der Waals surface area (Å²) in [5, 5.41) is 7.63. The summed E-state index contributed by atoms with van der Waals surface area (Å²) in [6.07, 6.45) is 5.04. The molecule has 0 radical (unpaired) electrons. The molecule has 0 amide bonds. The minimum atomic E-state index is -0.853. The van der Waals surface area contributed by atoms with Crippen LogP contribution in [0.3, 0.4) is 0 Å². The number of hydrogen-bond acceptors (Lipinski definition) is 3. The van der Waals surface area contributed by atoms with Gasteiger partial charge in [-0.3, -0.25) is 9.20 Å². The minimum Gasteiger partial charge on any atom is -0.355 e. The van der Waals surface area contributed by atoms with Gasteiger partial charge in [0, 0.05) is 47.2 Å². The van der Waals surface area contributed by atoms with Crippen LogP contribution in [-0.4, -0.2) is 46.6 Å². The maximum Gasteiger partial charge on any atom is 0.191 e. The van der Waals surface area contributed by atoms with Crippen LogP contribution in [0.4, 0.5) is 0 Å². The van der Waals surface area contributed by atoms with E-state index >= 15 is 0 Å². The van der Waals surface area contributed by atoms with Crippen molar-refractivity contribution in [3.8, 4) is 0 Å². The molecular weight excluding hydrogens is 477 g/mol. The van der Waals surface area contributed by atoms with Gasteiger partial charge in [0.25, 0.3) is 0 Å². The van der Waals surface area contributed by atoms with Crippen molar-refractivity contribution in [2.45, 2.75) is 49.7 Å². The van der Waals surface area contributed by atoms with E-state index in [1.165, 1.54) is 31.4 Å². The third-order valence-corrected chi connectivity index (χ3v) is 6.93. The Hall–Kier alpha value is -0.280. The third-order valence-electron chi connectivity index (χ3n) is 4.39. The molecule has 1 aromatic carbocycles. The van der Waals surface area contributed by atoms with E-state index in [1.807, 2.05) is 30.3 Å². The zero-order valence-electron chi connectivity index (χ0n) is 15.8. The van der Waals surface area contributed by atoms with Crippen LogP contribution >= 0.6 is 35.7 Å². The summed E-state index contributed by atoms with van der Waals surface area (Å²) in [5.41, 5.74) is 1.13. The molecule has 0 aliphatic heterocycles. The van der Waals surface area contributed by atoms with E-state index in [2.05, 4.69) is 34.3 Å². The highest BCUT2D eigenvalue weighted by Crippen LogP contribution is 2.28. The second kappa shape index (κ2) is 13.8. The number of hydrogen-bond donors (Lipinski definition) is 2. The zero-order valence-corrected chi connectivity index (χ0v) is 19.7. The highest BCUT2D eigenvalue weighted by atomic mass is 127. The Kier molecular flexibility index (Phi) is 12.6. The number of aliphatic imine (C=N–C) groups is 1. The lowest BCUT2D eigenvalue weighted by atomic mass is 9.95. The highest BCUT2D eigenvalue weighted by Gasteiger charge is 2.22. The normalized spacial score (nSPS) is 21.5. The van der Waals surface area contributed by atoms with E-state index in [0.29, 0.717) is 24.1 Å². The van der Waals surface area contributed by atoms with Crippen LogP contribution in [-0.2, 0) is 16.6 Å². The summed E-state index contributed by atoms with van der Waals surface area (Å²) < 4.78 is 12.2. The number of thioether (sulfide) groups is 1. The third kappa shape index (κ3) is 9.08. The lowest BCUT2D eigenvalue weighted by Crippen LogP contribution is -2.46. The van der Waals surface area contributed by atoms with Crippen LogP contribution in [0.1, 0.15) is 38.2 Å². The zero-order chi connectivity index (χ0) is 17.9. The molecule has 1 fully saturated rings. The van der Waals surface area contributed by atoms with Gasteiger partial charge in [-0.05, 0) is 30.6 Å². The first-order valence-corrected chi connectivity index (χ1v) is 11.7. The first kappa shape index (κ1) is 23.8. The average Bonchev–Trinajstić information content (AvgIpc) is 2.62. The Morgan fingerprint density at radius 2 is 2.08 bits per heavy atom. The van der Waals surface area contributed by atoms with E-state index in [9.17, 15) is 4.21 Å². The van der Waals surface area contributed by atoms with Gasteiger partial charge in [-0.15, -0.1) is 24.0 Å². The SMILES string of the molecule is CCSC1CCCC(NC(=NC)NCCS(=O)Cc2ccccc2)C1.I. The number of nitrogens with one attached hydrogen (secondary N) is 2. The van der Waals surface area contributed by atoms with Gasteiger partial charge in [-0.25, -0.2) is 0 Å². The van der Waals surface area contributed by atoms with Crippen LogP contribution in [0.5, 0.6) is 0 Å². The molecule has 0 bridgehead atoms. The van der Waals surface area contributed by atoms with Crippen LogP contribution in [0.15, 0.2) is 35.3 Å². The summed E-state index contributed by atoms with van der Waals surface area (Å²) in [4.78, 5) is 4.32. The van der Waals surface area contributed by atoms with Gasteiger partial charge in [-0.1, -0.05) is 43.7 Å². The molecule has 2 rings (SSSR count). The summed E-state index contributed by atoms with van der Waals surface area (Å²) in [6.45, 7) is 2.91. The van der Waals surface area contributed by atoms with Crippen molar-refractivity contribution in [3.63, 3.8) is 0 Å². The van der Waals surface area contributed by atoms with Crippen LogP contribution in [0.25, 0.3) is 0 Å². The quantitative estimate of drug-likeness (QED) is 0.318. The molecule has 0 spiro atoms. The number of guanidine groups is 1. The fourth-order valence-corrected chi connectivity index (χ4v) is 5.38. The number of benzene rings is 1. The summed E-state index contributed by atoms with van der Waals surface area (Å²) in [7, 11) is 0.950. The molecule has 1 aliphatic rings. The largest absolute Gasteiger partial charge is 0.355 e. The topological polar surface area (TPSA) is 53.5 Å². The van der Waals surface area contributed by atoms with Crippen molar-refractivity contribution in [1.82, 2.24) is 10.6 Å². The van der Waals surface area contributed by atoms with E-state index < -0.39 is 10.8 Å². The van der Waals surface area contributed by atoms with Gasteiger partial charge < -0.3 is 10.6 Å². The number of nitrogens with zero attached hydrogens (tertiary/aromatic N) is 1. The number of halogens is 1. The van der Waals surface area contributed by atoms with Gasteiger partial charge in [0.15, 0.2) is 5.96 Å². The van der Waals surface area contributed by atoms with Crippen molar-refractivity contribution in [2.24, 2.45) is 4.99 Å². The van der Waals surface area contributed by atoms with Gasteiger partial charge >= 0.3 is 0 Å². The predicted octanol–water partition coefficient (Wildman–Crippen LogP) is 3.78. The van der Waals surface area contributed by atoms with Gasteiger partial charge in [0.05, 0.1) is 0 Å². The second-order valence-corrected chi connectivity index (χ2v) is 9.51. The first-order chi connectivity index (χ1) is 12.2. The van der Waals surface area contributed by atoms with E-state index in [1.54, 1.807) is 7.05 Å². The maximum absolute atomic E-state index is 12.2. The Bertz CT molecular complexity index is 555. The van der Waals surface area contributed by atoms with Crippen molar-refractivity contribution >= 4 is 52.5 Å². The molecule has 26 heavy (non-hydrogen) atoms. The summed E-state index contributed by atoms with van der Waals surface area (Å²) in [5.74, 6) is 3.28. The van der Waals surface area contributed by atoms with Gasteiger partial charge in [-0.2, -0.15) is 11.8 Å². The molecule has 1 aliphatic carbocycles. The Morgan fingerprint density at radius 1 is 1.31 bits per heavy atom. The standard InChI is InChI=1S/C19H31N3OS2.HI/c1-3-24-18-11-7-10-17(14-18)22-19(20-2)21-12-13-25(23)15-16-8-5-4-6-9-16;/h4-6,8-9,17-18H,3,7,10-15H2,1-2H3,(H2,20,21,22);1H. The van der Waals surface area contributed by atoms with E-state index in [4.69, 9.17) is 0 Å². The van der Waals surface area contributed by atoms with Gasteiger partial charge in [0.2, 0.25) is 0 Å². The smallest absolute Gasteiger partial charge is 0.191 e. The molecule has 2 N–H and O–H groups in total. The van der Waals surface area contributed by atoms with E-state index in [-0.39, 0.29) is 24.0 Å². The average molecular weight is 510 g/mol. The van der Waals surface area contributed by atoms with Crippen LogP contribution < -0.4 is 10.6 Å². The number of rotatable bonds is 8. The van der Waals surface area contributed by atoms with Crippen LogP contribution in [0, 0.1) is 0 Å².